The summed E-state index contributed by atoms with van der Waals surface area (Å²) in [6.07, 6.45) is 6.22. The van der Waals surface area contributed by atoms with E-state index in [4.69, 9.17) is 0 Å². The lowest BCUT2D eigenvalue weighted by atomic mass is 10.2. The van der Waals surface area contributed by atoms with Gasteiger partial charge in [-0.3, -0.25) is 10.1 Å². The van der Waals surface area contributed by atoms with E-state index in [0.29, 0.717) is 12.5 Å². The highest BCUT2D eigenvalue weighted by Crippen LogP contribution is 1.94. The molecule has 0 aliphatic carbocycles. The van der Waals surface area contributed by atoms with Crippen LogP contribution in [0.2, 0.25) is 0 Å². The Morgan fingerprint density at radius 3 is 2.56 bits per heavy atom. The molecule has 0 spiro atoms. The van der Waals surface area contributed by atoms with Crippen LogP contribution in [0.15, 0.2) is 12.2 Å². The highest BCUT2D eigenvalue weighted by Gasteiger charge is 2.03. The monoisotopic (exact) mass is 226 g/mol. The molecule has 3 amide bonds. The minimum Gasteiger partial charge on any atom is -0.338 e. The normalized spacial score (nSPS) is 10.8. The summed E-state index contributed by atoms with van der Waals surface area (Å²) in [6.45, 7) is 6.64. The van der Waals surface area contributed by atoms with E-state index in [0.717, 1.165) is 19.3 Å². The van der Waals surface area contributed by atoms with Crippen LogP contribution in [0, 0.1) is 5.92 Å². The van der Waals surface area contributed by atoms with Gasteiger partial charge >= 0.3 is 6.03 Å². The first-order chi connectivity index (χ1) is 7.56. The van der Waals surface area contributed by atoms with Crippen molar-refractivity contribution in [3.63, 3.8) is 0 Å². The zero-order chi connectivity index (χ0) is 12.4. The molecule has 0 atom stereocenters. The molecule has 0 unspecified atom stereocenters. The molecule has 92 valence electrons. The smallest absolute Gasteiger partial charge is 0.321 e. The van der Waals surface area contributed by atoms with E-state index >= 15 is 0 Å². The van der Waals surface area contributed by atoms with Crippen molar-refractivity contribution in [3.8, 4) is 0 Å². The van der Waals surface area contributed by atoms with Gasteiger partial charge in [0.15, 0.2) is 0 Å². The summed E-state index contributed by atoms with van der Waals surface area (Å²) in [4.78, 5) is 22.4. The zero-order valence-corrected chi connectivity index (χ0v) is 10.4. The van der Waals surface area contributed by atoms with Crippen LogP contribution in [0.4, 0.5) is 4.79 Å². The number of hydrogen-bond donors (Lipinski definition) is 2. The van der Waals surface area contributed by atoms with E-state index in [2.05, 4.69) is 17.6 Å². The van der Waals surface area contributed by atoms with Crippen molar-refractivity contribution in [3.05, 3.63) is 12.2 Å². The maximum absolute atomic E-state index is 11.2. The summed E-state index contributed by atoms with van der Waals surface area (Å²) < 4.78 is 0. The standard InChI is InChI=1S/C12H22N2O2/c1-4-5-6-7-8-11(15)14-12(16)13-9-10(2)3/h7-8,10H,4-6,9H2,1-3H3,(H2,13,14,15,16)/b8-7+. The molecule has 0 aliphatic heterocycles. The third-order valence-electron chi connectivity index (χ3n) is 1.90. The third kappa shape index (κ3) is 9.24. The molecule has 0 radical (unpaired) electrons. The molecule has 0 saturated carbocycles. The molecule has 0 saturated heterocycles. The second kappa shape index (κ2) is 8.95. The maximum Gasteiger partial charge on any atom is 0.321 e. The fourth-order valence-corrected chi connectivity index (χ4v) is 1.01. The highest BCUT2D eigenvalue weighted by atomic mass is 16.2. The van der Waals surface area contributed by atoms with E-state index in [1.54, 1.807) is 6.08 Å². The number of imide groups is 1. The Morgan fingerprint density at radius 2 is 2.00 bits per heavy atom. The minimum absolute atomic E-state index is 0.364. The predicted octanol–water partition coefficient (Wildman–Crippen LogP) is 2.21. The van der Waals surface area contributed by atoms with Gasteiger partial charge in [-0.25, -0.2) is 4.79 Å². The largest absolute Gasteiger partial charge is 0.338 e. The first-order valence-electron chi connectivity index (χ1n) is 5.81. The van der Waals surface area contributed by atoms with Gasteiger partial charge in [-0.15, -0.1) is 0 Å². The van der Waals surface area contributed by atoms with Crippen LogP contribution in [0.3, 0.4) is 0 Å². The molecule has 0 aromatic rings. The van der Waals surface area contributed by atoms with Gasteiger partial charge < -0.3 is 5.32 Å². The van der Waals surface area contributed by atoms with Crippen molar-refractivity contribution in [2.24, 2.45) is 5.92 Å². The average Bonchev–Trinajstić information content (AvgIpc) is 2.21. The lowest BCUT2D eigenvalue weighted by Gasteiger charge is -2.06. The van der Waals surface area contributed by atoms with Crippen LogP contribution >= 0.6 is 0 Å². The first-order valence-corrected chi connectivity index (χ1v) is 5.81. The van der Waals surface area contributed by atoms with Gasteiger partial charge in [0.1, 0.15) is 0 Å². The Kier molecular flexibility index (Phi) is 8.21. The lowest BCUT2D eigenvalue weighted by Crippen LogP contribution is -2.40. The molecular weight excluding hydrogens is 204 g/mol. The van der Waals surface area contributed by atoms with E-state index in [-0.39, 0.29) is 5.91 Å². The number of allylic oxidation sites excluding steroid dienone is 1. The van der Waals surface area contributed by atoms with Crippen LogP contribution in [0.1, 0.15) is 40.0 Å². The SMILES string of the molecule is CCCC/C=C/C(=O)NC(=O)NCC(C)C. The number of rotatable bonds is 6. The van der Waals surface area contributed by atoms with Gasteiger partial charge in [0.05, 0.1) is 0 Å². The van der Waals surface area contributed by atoms with Gasteiger partial charge in [0.25, 0.3) is 5.91 Å². The lowest BCUT2D eigenvalue weighted by molar-refractivity contribution is -0.115. The summed E-state index contributed by atoms with van der Waals surface area (Å²) in [5.41, 5.74) is 0. The number of urea groups is 1. The Hall–Kier alpha value is -1.32. The fraction of sp³-hybridized carbons (Fsp3) is 0.667. The Morgan fingerprint density at radius 1 is 1.31 bits per heavy atom. The zero-order valence-electron chi connectivity index (χ0n) is 10.4. The molecule has 2 N–H and O–H groups in total. The third-order valence-corrected chi connectivity index (χ3v) is 1.90. The summed E-state index contributed by atoms with van der Waals surface area (Å²) in [5, 5.41) is 4.85. The maximum atomic E-state index is 11.2. The second-order valence-corrected chi connectivity index (χ2v) is 4.14. The van der Waals surface area contributed by atoms with E-state index in [9.17, 15) is 9.59 Å². The molecule has 0 aliphatic rings. The summed E-state index contributed by atoms with van der Waals surface area (Å²) >= 11 is 0. The quantitative estimate of drug-likeness (QED) is 0.539. The molecule has 0 bridgehead atoms. The van der Waals surface area contributed by atoms with Crippen LogP contribution < -0.4 is 10.6 Å². The molecule has 4 nitrogen and oxygen atoms in total. The molecule has 4 heteroatoms. The van der Waals surface area contributed by atoms with Crippen LogP contribution in [0.25, 0.3) is 0 Å². The van der Waals surface area contributed by atoms with E-state index < -0.39 is 6.03 Å². The number of nitrogens with one attached hydrogen (secondary N) is 2. The number of carbonyl (C=O) groups is 2. The van der Waals surface area contributed by atoms with Crippen molar-refractivity contribution in [2.75, 3.05) is 6.54 Å². The van der Waals surface area contributed by atoms with Gasteiger partial charge in [0, 0.05) is 6.54 Å². The summed E-state index contributed by atoms with van der Waals surface area (Å²) in [6, 6.07) is -0.432. The van der Waals surface area contributed by atoms with Crippen molar-refractivity contribution in [1.82, 2.24) is 10.6 Å². The Bertz CT molecular complexity index is 247. The van der Waals surface area contributed by atoms with E-state index in [1.165, 1.54) is 6.08 Å². The molecule has 16 heavy (non-hydrogen) atoms. The first kappa shape index (κ1) is 14.7. The minimum atomic E-state index is -0.432. The average molecular weight is 226 g/mol. The van der Waals surface area contributed by atoms with Crippen LogP contribution in [-0.4, -0.2) is 18.5 Å². The number of carbonyl (C=O) groups excluding carboxylic acids is 2. The molecule has 0 rings (SSSR count). The Balaban J connectivity index is 3.69. The molecule has 0 heterocycles. The fourth-order valence-electron chi connectivity index (χ4n) is 1.01. The van der Waals surface area contributed by atoms with E-state index in [1.807, 2.05) is 13.8 Å². The van der Waals surface area contributed by atoms with Gasteiger partial charge in [-0.05, 0) is 18.4 Å². The Labute approximate surface area is 97.5 Å². The topological polar surface area (TPSA) is 58.2 Å². The van der Waals surface area contributed by atoms with Gasteiger partial charge in [0.2, 0.25) is 0 Å². The van der Waals surface area contributed by atoms with Crippen molar-refractivity contribution < 1.29 is 9.59 Å². The van der Waals surface area contributed by atoms with Gasteiger partial charge in [-0.2, -0.15) is 0 Å². The van der Waals surface area contributed by atoms with Crippen molar-refractivity contribution in [1.29, 1.82) is 0 Å². The predicted molar refractivity (Wildman–Crippen MR) is 65.0 cm³/mol. The van der Waals surface area contributed by atoms with Crippen LogP contribution in [-0.2, 0) is 4.79 Å². The molecule has 0 aromatic carbocycles. The van der Waals surface area contributed by atoms with Crippen LogP contribution in [0.5, 0.6) is 0 Å². The second-order valence-electron chi connectivity index (χ2n) is 4.14. The van der Waals surface area contributed by atoms with Gasteiger partial charge in [-0.1, -0.05) is 39.7 Å². The molecular formula is C12H22N2O2. The van der Waals surface area contributed by atoms with Crippen molar-refractivity contribution >= 4 is 11.9 Å². The molecule has 0 fully saturated rings. The summed E-state index contributed by atoms with van der Waals surface area (Å²) in [7, 11) is 0. The molecule has 0 aromatic heterocycles. The summed E-state index contributed by atoms with van der Waals surface area (Å²) in [5.74, 6) is 0.0123. The number of amides is 3. The van der Waals surface area contributed by atoms with Crippen molar-refractivity contribution in [2.45, 2.75) is 40.0 Å². The number of hydrogen-bond acceptors (Lipinski definition) is 2. The number of unbranched alkanes of at least 4 members (excludes halogenated alkanes) is 2. The highest BCUT2D eigenvalue weighted by molar-refractivity contribution is 6.00.